The predicted molar refractivity (Wildman–Crippen MR) is 89.7 cm³/mol. The van der Waals surface area contributed by atoms with Crippen molar-refractivity contribution in [3.05, 3.63) is 59.9 Å². The van der Waals surface area contributed by atoms with E-state index in [1.54, 1.807) is 18.2 Å². The van der Waals surface area contributed by atoms with Crippen molar-refractivity contribution >= 4 is 6.03 Å². The molecule has 2 rings (SSSR count). The standard InChI is InChI=1S/C18H21FN2O3/c1-2-23-15-7-9-16(10-8-15)24-12-11-20-18(22)21-13-14-5-3-4-6-17(14)19/h3-10H,2,11-13H2,1H3,(H2,20,21,22). The number of ether oxygens (including phenoxy) is 2. The topological polar surface area (TPSA) is 59.6 Å². The van der Waals surface area contributed by atoms with E-state index < -0.39 is 0 Å². The molecule has 0 atom stereocenters. The van der Waals surface area contributed by atoms with Crippen LogP contribution < -0.4 is 20.1 Å². The quantitative estimate of drug-likeness (QED) is 0.730. The van der Waals surface area contributed by atoms with Gasteiger partial charge in [-0.2, -0.15) is 0 Å². The molecule has 0 aliphatic rings. The van der Waals surface area contributed by atoms with Gasteiger partial charge in [-0.3, -0.25) is 0 Å². The van der Waals surface area contributed by atoms with Crippen LogP contribution in [0, 0.1) is 5.82 Å². The molecular formula is C18H21FN2O3. The molecule has 5 nitrogen and oxygen atoms in total. The molecule has 0 aliphatic carbocycles. The summed E-state index contributed by atoms with van der Waals surface area (Å²) in [5.74, 6) is 1.15. The molecule has 0 radical (unpaired) electrons. The molecule has 0 aromatic heterocycles. The summed E-state index contributed by atoms with van der Waals surface area (Å²) in [6.45, 7) is 3.36. The molecule has 2 amide bonds. The molecule has 0 heterocycles. The molecule has 6 heteroatoms. The highest BCUT2D eigenvalue weighted by molar-refractivity contribution is 5.73. The molecule has 0 unspecified atom stereocenters. The van der Waals surface area contributed by atoms with Crippen LogP contribution in [0.2, 0.25) is 0 Å². The Morgan fingerprint density at radius 3 is 2.33 bits per heavy atom. The van der Waals surface area contributed by atoms with Crippen LogP contribution in [0.25, 0.3) is 0 Å². The molecule has 128 valence electrons. The van der Waals surface area contributed by atoms with Crippen molar-refractivity contribution in [3.8, 4) is 11.5 Å². The lowest BCUT2D eigenvalue weighted by atomic mass is 10.2. The van der Waals surface area contributed by atoms with Crippen LogP contribution >= 0.6 is 0 Å². The third kappa shape index (κ3) is 5.79. The van der Waals surface area contributed by atoms with Crippen LogP contribution in [-0.2, 0) is 6.54 Å². The third-order valence-corrected chi connectivity index (χ3v) is 3.19. The molecule has 2 aromatic rings. The minimum atomic E-state index is -0.367. The second-order valence-corrected chi connectivity index (χ2v) is 4.95. The second kappa shape index (κ2) is 9.39. The van der Waals surface area contributed by atoms with E-state index in [0.29, 0.717) is 31.1 Å². The van der Waals surface area contributed by atoms with Crippen molar-refractivity contribution in [2.75, 3.05) is 19.8 Å². The second-order valence-electron chi connectivity index (χ2n) is 4.95. The van der Waals surface area contributed by atoms with Crippen LogP contribution in [0.15, 0.2) is 48.5 Å². The zero-order chi connectivity index (χ0) is 17.2. The molecule has 0 aliphatic heterocycles. The molecular weight excluding hydrogens is 311 g/mol. The van der Waals surface area contributed by atoms with Crippen molar-refractivity contribution < 1.29 is 18.7 Å². The largest absolute Gasteiger partial charge is 0.494 e. The number of amides is 2. The number of carbonyl (C=O) groups is 1. The average molecular weight is 332 g/mol. The van der Waals surface area contributed by atoms with Gasteiger partial charge in [-0.15, -0.1) is 0 Å². The zero-order valence-corrected chi connectivity index (χ0v) is 13.5. The highest BCUT2D eigenvalue weighted by Gasteiger charge is 2.03. The van der Waals surface area contributed by atoms with E-state index in [4.69, 9.17) is 9.47 Å². The molecule has 0 saturated heterocycles. The number of rotatable bonds is 8. The van der Waals surface area contributed by atoms with Gasteiger partial charge in [0.05, 0.1) is 13.2 Å². The summed E-state index contributed by atoms with van der Waals surface area (Å²) in [5.41, 5.74) is 0.443. The summed E-state index contributed by atoms with van der Waals surface area (Å²) in [6.07, 6.45) is 0. The fourth-order valence-corrected chi connectivity index (χ4v) is 2.01. The van der Waals surface area contributed by atoms with Crippen molar-refractivity contribution in [1.29, 1.82) is 0 Å². The van der Waals surface area contributed by atoms with Gasteiger partial charge in [0.25, 0.3) is 0 Å². The number of benzene rings is 2. The SMILES string of the molecule is CCOc1ccc(OCCNC(=O)NCc2ccccc2F)cc1. The van der Waals surface area contributed by atoms with Crippen LogP contribution in [0.4, 0.5) is 9.18 Å². The van der Waals surface area contributed by atoms with E-state index in [1.165, 1.54) is 6.07 Å². The first-order chi connectivity index (χ1) is 11.7. The first-order valence-corrected chi connectivity index (χ1v) is 7.80. The Kier molecular flexibility index (Phi) is 6.89. The number of hydrogen-bond acceptors (Lipinski definition) is 3. The first-order valence-electron chi connectivity index (χ1n) is 7.80. The summed E-state index contributed by atoms with van der Waals surface area (Å²) >= 11 is 0. The Labute approximate surface area is 140 Å². The normalized spacial score (nSPS) is 10.1. The smallest absolute Gasteiger partial charge is 0.315 e. The van der Waals surface area contributed by atoms with Gasteiger partial charge >= 0.3 is 6.03 Å². The number of carbonyl (C=O) groups excluding carboxylic acids is 1. The monoisotopic (exact) mass is 332 g/mol. The molecule has 24 heavy (non-hydrogen) atoms. The summed E-state index contributed by atoms with van der Waals surface area (Å²) < 4.78 is 24.3. The summed E-state index contributed by atoms with van der Waals surface area (Å²) in [5, 5.41) is 5.25. The molecule has 0 spiro atoms. The lowest BCUT2D eigenvalue weighted by molar-refractivity contribution is 0.236. The molecule has 0 fully saturated rings. The van der Waals surface area contributed by atoms with E-state index in [2.05, 4.69) is 10.6 Å². The van der Waals surface area contributed by atoms with E-state index in [9.17, 15) is 9.18 Å². The van der Waals surface area contributed by atoms with E-state index >= 15 is 0 Å². The fourth-order valence-electron chi connectivity index (χ4n) is 2.01. The maximum absolute atomic E-state index is 13.4. The van der Waals surface area contributed by atoms with Crippen molar-refractivity contribution in [2.24, 2.45) is 0 Å². The number of halogens is 1. The minimum Gasteiger partial charge on any atom is -0.494 e. The maximum atomic E-state index is 13.4. The van der Waals surface area contributed by atoms with Gasteiger partial charge in [-0.25, -0.2) is 9.18 Å². The maximum Gasteiger partial charge on any atom is 0.315 e. The predicted octanol–water partition coefficient (Wildman–Crippen LogP) is 3.10. The van der Waals surface area contributed by atoms with Gasteiger partial charge in [0, 0.05) is 12.1 Å². The Balaban J connectivity index is 1.63. The molecule has 0 saturated carbocycles. The van der Waals surface area contributed by atoms with Gasteiger partial charge in [0.1, 0.15) is 23.9 Å². The highest BCUT2D eigenvalue weighted by atomic mass is 19.1. The Bertz CT molecular complexity index is 647. The van der Waals surface area contributed by atoms with Gasteiger partial charge in [-0.1, -0.05) is 18.2 Å². The van der Waals surface area contributed by atoms with Crippen molar-refractivity contribution in [3.63, 3.8) is 0 Å². The lowest BCUT2D eigenvalue weighted by Gasteiger charge is -2.10. The van der Waals surface area contributed by atoms with Gasteiger partial charge in [-0.05, 0) is 37.3 Å². The van der Waals surface area contributed by atoms with Gasteiger partial charge < -0.3 is 20.1 Å². The van der Waals surface area contributed by atoms with Gasteiger partial charge in [0.15, 0.2) is 0 Å². The molecule has 2 aromatic carbocycles. The summed E-state index contributed by atoms with van der Waals surface area (Å²) in [4.78, 5) is 11.6. The first kappa shape index (κ1) is 17.6. The Morgan fingerprint density at radius 2 is 1.67 bits per heavy atom. The molecule has 2 N–H and O–H groups in total. The Morgan fingerprint density at radius 1 is 1.00 bits per heavy atom. The molecule has 0 bridgehead atoms. The third-order valence-electron chi connectivity index (χ3n) is 3.19. The van der Waals surface area contributed by atoms with E-state index in [-0.39, 0.29) is 18.4 Å². The van der Waals surface area contributed by atoms with Gasteiger partial charge in [0.2, 0.25) is 0 Å². The lowest BCUT2D eigenvalue weighted by Crippen LogP contribution is -2.37. The van der Waals surface area contributed by atoms with Crippen LogP contribution in [0.1, 0.15) is 12.5 Å². The average Bonchev–Trinajstić information content (AvgIpc) is 2.60. The summed E-state index contributed by atoms with van der Waals surface area (Å²) in [6, 6.07) is 13.2. The summed E-state index contributed by atoms with van der Waals surface area (Å²) in [7, 11) is 0. The Hall–Kier alpha value is -2.76. The fraction of sp³-hybridized carbons (Fsp3) is 0.278. The highest BCUT2D eigenvalue weighted by Crippen LogP contribution is 2.17. The zero-order valence-electron chi connectivity index (χ0n) is 13.5. The van der Waals surface area contributed by atoms with Crippen molar-refractivity contribution in [1.82, 2.24) is 10.6 Å². The van der Waals surface area contributed by atoms with E-state index in [1.807, 2.05) is 31.2 Å². The number of hydrogen-bond donors (Lipinski definition) is 2. The van der Waals surface area contributed by atoms with Crippen LogP contribution in [0.3, 0.4) is 0 Å². The van der Waals surface area contributed by atoms with Crippen LogP contribution in [0.5, 0.6) is 11.5 Å². The minimum absolute atomic E-state index is 0.137. The number of urea groups is 1. The van der Waals surface area contributed by atoms with E-state index in [0.717, 1.165) is 5.75 Å². The van der Waals surface area contributed by atoms with Crippen molar-refractivity contribution in [2.45, 2.75) is 13.5 Å². The van der Waals surface area contributed by atoms with Crippen LogP contribution in [-0.4, -0.2) is 25.8 Å². The number of nitrogens with one attached hydrogen (secondary N) is 2.